The normalized spacial score (nSPS) is 16.1. The van der Waals surface area contributed by atoms with Crippen molar-refractivity contribution in [3.63, 3.8) is 0 Å². The number of para-hydroxylation sites is 1. The van der Waals surface area contributed by atoms with Crippen LogP contribution in [-0.2, 0) is 0 Å². The van der Waals surface area contributed by atoms with Crippen molar-refractivity contribution < 1.29 is 14.1 Å². The molecule has 0 aliphatic carbocycles. The number of benzene rings is 1. The van der Waals surface area contributed by atoms with E-state index in [1.54, 1.807) is 35.9 Å². The average molecular weight is 330 g/mol. The van der Waals surface area contributed by atoms with Gasteiger partial charge in [-0.15, -0.1) is 11.8 Å². The van der Waals surface area contributed by atoms with Gasteiger partial charge in [0.15, 0.2) is 0 Å². The number of aromatic nitrogens is 1. The Bertz CT molecular complexity index is 747. The lowest BCUT2D eigenvalue weighted by Crippen LogP contribution is -2.27. The van der Waals surface area contributed by atoms with Crippen LogP contribution in [0, 0.1) is 13.8 Å². The van der Waals surface area contributed by atoms with E-state index in [2.05, 4.69) is 5.16 Å². The van der Waals surface area contributed by atoms with Gasteiger partial charge in [0.2, 0.25) is 0 Å². The summed E-state index contributed by atoms with van der Waals surface area (Å²) in [6.07, 6.45) is 1.98. The fourth-order valence-corrected chi connectivity index (χ4v) is 3.55. The molecule has 1 fully saturated rings. The monoisotopic (exact) mass is 330 g/mol. The molecule has 0 bridgehead atoms. The van der Waals surface area contributed by atoms with Crippen molar-refractivity contribution in [1.29, 1.82) is 0 Å². The zero-order chi connectivity index (χ0) is 16.4. The summed E-state index contributed by atoms with van der Waals surface area (Å²) >= 11 is 1.66. The van der Waals surface area contributed by atoms with Crippen molar-refractivity contribution in [3.05, 3.63) is 51.9 Å². The molecule has 3 rings (SSSR count). The van der Waals surface area contributed by atoms with Gasteiger partial charge in [0.05, 0.1) is 23.4 Å². The molecule has 1 aromatic carbocycles. The largest absolute Gasteiger partial charge is 0.496 e. The Balaban J connectivity index is 1.94. The van der Waals surface area contributed by atoms with Crippen LogP contribution in [0.4, 0.5) is 0 Å². The van der Waals surface area contributed by atoms with Crippen LogP contribution in [-0.4, -0.2) is 35.4 Å². The van der Waals surface area contributed by atoms with E-state index < -0.39 is 0 Å². The fourth-order valence-electron chi connectivity index (χ4n) is 2.54. The average Bonchev–Trinajstić information content (AvgIpc) is 3.16. The highest BCUT2D eigenvalue weighted by atomic mass is 32.2. The zero-order valence-corrected chi connectivity index (χ0v) is 14.1. The minimum absolute atomic E-state index is 0.0505. The van der Waals surface area contributed by atoms with Gasteiger partial charge >= 0.3 is 0 Å². The minimum atomic E-state index is -0.0505. The smallest absolute Gasteiger partial charge is 0.262 e. The molecule has 0 N–H and O–H groups in total. The van der Waals surface area contributed by atoms with Gasteiger partial charge in [-0.05, 0) is 32.1 Å². The predicted molar refractivity (Wildman–Crippen MR) is 90.4 cm³/mol. The van der Waals surface area contributed by atoms with Crippen LogP contribution in [0.1, 0.15) is 27.4 Å². The summed E-state index contributed by atoms with van der Waals surface area (Å²) < 4.78 is 10.5. The van der Waals surface area contributed by atoms with Crippen LogP contribution >= 0.6 is 11.8 Å². The van der Waals surface area contributed by atoms with Gasteiger partial charge in [-0.3, -0.25) is 4.79 Å². The molecule has 1 aliphatic rings. The molecule has 1 saturated heterocycles. The Hall–Kier alpha value is -2.21. The molecular weight excluding hydrogens is 312 g/mol. The second kappa shape index (κ2) is 6.50. The maximum atomic E-state index is 12.9. The van der Waals surface area contributed by atoms with E-state index in [0.29, 0.717) is 17.9 Å². The van der Waals surface area contributed by atoms with E-state index in [4.69, 9.17) is 9.26 Å². The van der Waals surface area contributed by atoms with E-state index in [9.17, 15) is 4.79 Å². The van der Waals surface area contributed by atoms with Gasteiger partial charge in [0.1, 0.15) is 11.5 Å². The molecule has 0 atom stereocenters. The van der Waals surface area contributed by atoms with E-state index in [0.717, 1.165) is 27.8 Å². The van der Waals surface area contributed by atoms with Crippen molar-refractivity contribution in [2.24, 2.45) is 0 Å². The molecule has 1 aromatic heterocycles. The van der Waals surface area contributed by atoms with Crippen molar-refractivity contribution in [2.45, 2.75) is 13.8 Å². The van der Waals surface area contributed by atoms with Gasteiger partial charge < -0.3 is 14.2 Å². The lowest BCUT2D eigenvalue weighted by molar-refractivity contribution is 0.0827. The quantitative estimate of drug-likeness (QED) is 0.862. The fraction of sp³-hybridized carbons (Fsp3) is 0.294. The standard InChI is InChI=1S/C17H18N2O3S/c1-11-14(12(2)22-18-11)10-16-19(8-9-23-16)17(20)13-6-4-5-7-15(13)21-3/h4-7,10H,8-9H2,1-3H3/b16-10+. The summed E-state index contributed by atoms with van der Waals surface area (Å²) in [4.78, 5) is 14.7. The molecule has 0 spiro atoms. The Morgan fingerprint density at radius 3 is 2.87 bits per heavy atom. The van der Waals surface area contributed by atoms with Gasteiger partial charge in [0, 0.05) is 17.9 Å². The third-order valence-electron chi connectivity index (χ3n) is 3.77. The summed E-state index contributed by atoms with van der Waals surface area (Å²) in [6.45, 7) is 4.45. The number of hydrogen-bond acceptors (Lipinski definition) is 5. The summed E-state index contributed by atoms with van der Waals surface area (Å²) in [5, 5.41) is 4.87. The molecule has 2 aromatic rings. The molecule has 1 aliphatic heterocycles. The Morgan fingerprint density at radius 2 is 2.17 bits per heavy atom. The number of methoxy groups -OCH3 is 1. The molecule has 120 valence electrons. The first-order chi connectivity index (χ1) is 11.1. The van der Waals surface area contributed by atoms with Gasteiger partial charge in [-0.1, -0.05) is 17.3 Å². The number of rotatable bonds is 3. The highest BCUT2D eigenvalue weighted by molar-refractivity contribution is 8.03. The number of hydrogen-bond donors (Lipinski definition) is 0. The second-order valence-corrected chi connectivity index (χ2v) is 6.34. The van der Waals surface area contributed by atoms with Crippen LogP contribution in [0.5, 0.6) is 5.75 Å². The summed E-state index contributed by atoms with van der Waals surface area (Å²) in [5.74, 6) is 2.17. The van der Waals surface area contributed by atoms with Crippen LogP contribution in [0.3, 0.4) is 0 Å². The van der Waals surface area contributed by atoms with Gasteiger partial charge in [-0.25, -0.2) is 0 Å². The molecule has 0 radical (unpaired) electrons. The Kier molecular flexibility index (Phi) is 4.43. The number of amides is 1. The molecule has 5 nitrogen and oxygen atoms in total. The van der Waals surface area contributed by atoms with Crippen LogP contribution in [0.25, 0.3) is 6.08 Å². The van der Waals surface area contributed by atoms with Crippen molar-refractivity contribution in [2.75, 3.05) is 19.4 Å². The maximum absolute atomic E-state index is 12.9. The van der Waals surface area contributed by atoms with E-state index in [-0.39, 0.29) is 5.91 Å². The van der Waals surface area contributed by atoms with Gasteiger partial charge in [-0.2, -0.15) is 0 Å². The maximum Gasteiger partial charge on any atom is 0.262 e. The second-order valence-electron chi connectivity index (χ2n) is 5.23. The van der Waals surface area contributed by atoms with Crippen molar-refractivity contribution in [1.82, 2.24) is 10.1 Å². The lowest BCUT2D eigenvalue weighted by Gasteiger charge is -2.18. The third kappa shape index (κ3) is 2.99. The SMILES string of the molecule is COc1ccccc1C(=O)N1CCS/C1=C/c1c(C)noc1C. The number of aryl methyl sites for hydroxylation is 2. The van der Waals surface area contributed by atoms with Crippen LogP contribution in [0.15, 0.2) is 33.8 Å². The topological polar surface area (TPSA) is 55.6 Å². The molecule has 0 unspecified atom stereocenters. The molecule has 0 saturated carbocycles. The summed E-state index contributed by atoms with van der Waals surface area (Å²) in [7, 11) is 1.57. The molecule has 23 heavy (non-hydrogen) atoms. The summed E-state index contributed by atoms with van der Waals surface area (Å²) in [5.41, 5.74) is 2.33. The van der Waals surface area contributed by atoms with Gasteiger partial charge in [0.25, 0.3) is 5.91 Å². The van der Waals surface area contributed by atoms with Crippen LogP contribution < -0.4 is 4.74 Å². The number of thioether (sulfide) groups is 1. The highest BCUT2D eigenvalue weighted by Crippen LogP contribution is 2.33. The number of nitrogens with zero attached hydrogens (tertiary/aromatic N) is 2. The molecule has 1 amide bonds. The van der Waals surface area contributed by atoms with Crippen LogP contribution in [0.2, 0.25) is 0 Å². The number of carbonyl (C=O) groups excluding carboxylic acids is 1. The Labute approximate surface area is 139 Å². The summed E-state index contributed by atoms with van der Waals surface area (Å²) in [6, 6.07) is 7.29. The van der Waals surface area contributed by atoms with E-state index in [1.807, 2.05) is 32.1 Å². The first-order valence-corrected chi connectivity index (χ1v) is 8.32. The van der Waals surface area contributed by atoms with E-state index in [1.165, 1.54) is 0 Å². The highest BCUT2D eigenvalue weighted by Gasteiger charge is 2.27. The van der Waals surface area contributed by atoms with E-state index >= 15 is 0 Å². The minimum Gasteiger partial charge on any atom is -0.496 e. The first kappa shape index (κ1) is 15.7. The molecule has 2 heterocycles. The first-order valence-electron chi connectivity index (χ1n) is 7.34. The molecular formula is C17H18N2O3S. The predicted octanol–water partition coefficient (Wildman–Crippen LogP) is 3.49. The molecule has 6 heteroatoms. The van der Waals surface area contributed by atoms with Crippen molar-refractivity contribution >= 4 is 23.7 Å². The number of ether oxygens (including phenoxy) is 1. The number of carbonyl (C=O) groups is 1. The third-order valence-corrected chi connectivity index (χ3v) is 4.79. The zero-order valence-electron chi connectivity index (χ0n) is 13.3. The lowest BCUT2D eigenvalue weighted by atomic mass is 10.1. The van der Waals surface area contributed by atoms with Crippen molar-refractivity contribution in [3.8, 4) is 5.75 Å². The Morgan fingerprint density at radius 1 is 1.39 bits per heavy atom.